The number of hydrogen-bond donors (Lipinski definition) is 1. The zero-order valence-corrected chi connectivity index (χ0v) is 19.7. The third kappa shape index (κ3) is 4.68. The quantitative estimate of drug-likeness (QED) is 0.418. The summed E-state index contributed by atoms with van der Waals surface area (Å²) in [6, 6.07) is 15.4. The zero-order valence-electron chi connectivity index (χ0n) is 18.1. The predicted molar refractivity (Wildman–Crippen MR) is 129 cm³/mol. The van der Waals surface area contributed by atoms with Gasteiger partial charge in [0.15, 0.2) is 10.7 Å². The first kappa shape index (κ1) is 22.5. The van der Waals surface area contributed by atoms with Gasteiger partial charge in [0.25, 0.3) is 5.56 Å². The van der Waals surface area contributed by atoms with E-state index in [1.165, 1.54) is 32.2 Å². The Hall–Kier alpha value is -3.25. The van der Waals surface area contributed by atoms with E-state index < -0.39 is 10.0 Å². The highest BCUT2D eigenvalue weighted by Gasteiger charge is 2.27. The van der Waals surface area contributed by atoms with Gasteiger partial charge in [-0.3, -0.25) is 9.20 Å². The molecule has 2 aromatic heterocycles. The Morgan fingerprint density at radius 3 is 2.68 bits per heavy atom. The minimum absolute atomic E-state index is 0.152. The van der Waals surface area contributed by atoms with Gasteiger partial charge in [-0.15, -0.1) is 11.3 Å². The number of anilines is 1. The van der Waals surface area contributed by atoms with Crippen LogP contribution in [0.15, 0.2) is 75.9 Å². The van der Waals surface area contributed by atoms with Gasteiger partial charge in [0.1, 0.15) is 5.75 Å². The van der Waals surface area contributed by atoms with Gasteiger partial charge in [0.05, 0.1) is 36.0 Å². The first-order valence-electron chi connectivity index (χ1n) is 10.7. The fourth-order valence-electron chi connectivity index (χ4n) is 3.61. The summed E-state index contributed by atoms with van der Waals surface area (Å²) < 4.78 is 40.6. The van der Waals surface area contributed by atoms with Gasteiger partial charge >= 0.3 is 0 Å². The number of morpholine rings is 1. The normalized spacial score (nSPS) is 14.8. The topological polar surface area (TPSA) is 102 Å². The first-order valence-corrected chi connectivity index (χ1v) is 13.0. The molecule has 3 heterocycles. The van der Waals surface area contributed by atoms with E-state index in [0.717, 1.165) is 0 Å². The molecule has 0 atom stereocenters. The zero-order chi connectivity index (χ0) is 23.5. The van der Waals surface area contributed by atoms with Crippen molar-refractivity contribution in [3.05, 3.63) is 82.2 Å². The Morgan fingerprint density at radius 2 is 1.88 bits per heavy atom. The molecule has 9 nitrogen and oxygen atoms in total. The molecular weight excluding hydrogens is 476 g/mol. The second-order valence-electron chi connectivity index (χ2n) is 7.58. The SMILES string of the molecule is O=c1cc(CNc2cc(S(=O)(=O)N3CCOCC3)ccc2Oc2ccccc2)nc2sccn12. The molecule has 0 bridgehead atoms. The van der Waals surface area contributed by atoms with Crippen LogP contribution < -0.4 is 15.6 Å². The highest BCUT2D eigenvalue weighted by Crippen LogP contribution is 2.33. The lowest BCUT2D eigenvalue weighted by atomic mass is 10.2. The van der Waals surface area contributed by atoms with Crippen LogP contribution in [0.4, 0.5) is 5.69 Å². The van der Waals surface area contributed by atoms with Crippen molar-refractivity contribution >= 4 is 32.0 Å². The van der Waals surface area contributed by atoms with E-state index in [1.54, 1.807) is 23.7 Å². The van der Waals surface area contributed by atoms with E-state index in [1.807, 2.05) is 30.3 Å². The number of benzene rings is 2. The molecule has 1 saturated heterocycles. The number of sulfonamides is 1. The molecule has 5 rings (SSSR count). The molecule has 4 aromatic rings. The first-order chi connectivity index (χ1) is 16.5. The molecule has 1 aliphatic rings. The number of thiazole rings is 1. The van der Waals surface area contributed by atoms with Crippen LogP contribution in [0.2, 0.25) is 0 Å². The number of aromatic nitrogens is 2. The number of rotatable bonds is 7. The molecule has 0 unspecified atom stereocenters. The number of nitrogens with zero attached hydrogens (tertiary/aromatic N) is 3. The summed E-state index contributed by atoms with van der Waals surface area (Å²) in [5.74, 6) is 1.08. The lowest BCUT2D eigenvalue weighted by Crippen LogP contribution is -2.40. The lowest BCUT2D eigenvalue weighted by Gasteiger charge is -2.26. The van der Waals surface area contributed by atoms with Crippen molar-refractivity contribution in [2.75, 3.05) is 31.6 Å². The van der Waals surface area contributed by atoms with E-state index in [0.29, 0.717) is 54.1 Å². The standard InChI is InChI=1S/C23H22N4O5S2/c28-22-14-17(25-23-27(22)10-13-33-23)16-24-20-15-19(34(29,30)26-8-11-31-12-9-26)6-7-21(20)32-18-4-2-1-3-5-18/h1-7,10,13-15,24H,8-9,11-12,16H2. The van der Waals surface area contributed by atoms with Crippen LogP contribution in [0.5, 0.6) is 11.5 Å². The summed E-state index contributed by atoms with van der Waals surface area (Å²) in [6.07, 6.45) is 1.68. The Kier molecular flexibility index (Phi) is 6.33. The highest BCUT2D eigenvalue weighted by atomic mass is 32.2. The molecule has 11 heteroatoms. The molecule has 34 heavy (non-hydrogen) atoms. The van der Waals surface area contributed by atoms with Gasteiger partial charge in [0.2, 0.25) is 10.0 Å². The summed E-state index contributed by atoms with van der Waals surface area (Å²) >= 11 is 1.37. The van der Waals surface area contributed by atoms with Gasteiger partial charge in [0, 0.05) is 30.7 Å². The van der Waals surface area contributed by atoms with Crippen LogP contribution in [0.25, 0.3) is 4.96 Å². The fourth-order valence-corrected chi connectivity index (χ4v) is 5.79. The molecule has 1 aliphatic heterocycles. The fraction of sp³-hybridized carbons (Fsp3) is 0.217. The third-order valence-electron chi connectivity index (χ3n) is 5.35. The number of hydrogen-bond acceptors (Lipinski definition) is 8. The van der Waals surface area contributed by atoms with Crippen molar-refractivity contribution < 1.29 is 17.9 Å². The maximum atomic E-state index is 13.2. The van der Waals surface area contributed by atoms with Crippen LogP contribution in [0.3, 0.4) is 0 Å². The number of fused-ring (bicyclic) bond motifs is 1. The highest BCUT2D eigenvalue weighted by molar-refractivity contribution is 7.89. The van der Waals surface area contributed by atoms with Gasteiger partial charge < -0.3 is 14.8 Å². The molecule has 2 aromatic carbocycles. The van der Waals surface area contributed by atoms with Gasteiger partial charge in [-0.25, -0.2) is 13.4 Å². The Balaban J connectivity index is 1.47. The molecule has 1 N–H and O–H groups in total. The van der Waals surface area contributed by atoms with E-state index in [9.17, 15) is 13.2 Å². The van der Waals surface area contributed by atoms with Crippen molar-refractivity contribution in [2.45, 2.75) is 11.4 Å². The van der Waals surface area contributed by atoms with Crippen LogP contribution in [-0.4, -0.2) is 48.4 Å². The van der Waals surface area contributed by atoms with Crippen molar-refractivity contribution in [1.82, 2.24) is 13.7 Å². The number of nitrogens with one attached hydrogen (secondary N) is 1. The van der Waals surface area contributed by atoms with Crippen molar-refractivity contribution in [2.24, 2.45) is 0 Å². The number of ether oxygens (including phenoxy) is 2. The van der Waals surface area contributed by atoms with Crippen LogP contribution >= 0.6 is 11.3 Å². The largest absolute Gasteiger partial charge is 0.455 e. The average Bonchev–Trinajstić information content (AvgIpc) is 3.34. The molecule has 0 aliphatic carbocycles. The molecule has 0 spiro atoms. The lowest BCUT2D eigenvalue weighted by molar-refractivity contribution is 0.0730. The van der Waals surface area contributed by atoms with E-state index in [4.69, 9.17) is 9.47 Å². The molecule has 1 fully saturated rings. The van der Waals surface area contributed by atoms with Gasteiger partial charge in [-0.2, -0.15) is 4.31 Å². The van der Waals surface area contributed by atoms with Crippen molar-refractivity contribution in [3.63, 3.8) is 0 Å². The monoisotopic (exact) mass is 498 g/mol. The van der Waals surface area contributed by atoms with Crippen LogP contribution in [0, 0.1) is 0 Å². The molecule has 176 valence electrons. The van der Waals surface area contributed by atoms with E-state index >= 15 is 0 Å². The molecular formula is C23H22N4O5S2. The van der Waals surface area contributed by atoms with Gasteiger partial charge in [-0.1, -0.05) is 18.2 Å². The minimum atomic E-state index is -3.69. The molecule has 0 radical (unpaired) electrons. The summed E-state index contributed by atoms with van der Waals surface area (Å²) in [7, 11) is -3.69. The van der Waals surface area contributed by atoms with Crippen LogP contribution in [0.1, 0.15) is 5.69 Å². The Labute approximate surface area is 200 Å². The minimum Gasteiger partial charge on any atom is -0.455 e. The average molecular weight is 499 g/mol. The predicted octanol–water partition coefficient (Wildman–Crippen LogP) is 3.18. The third-order valence-corrected chi connectivity index (χ3v) is 8.00. The second-order valence-corrected chi connectivity index (χ2v) is 10.4. The van der Waals surface area contributed by atoms with Gasteiger partial charge in [-0.05, 0) is 30.3 Å². The number of para-hydroxylation sites is 1. The maximum absolute atomic E-state index is 13.2. The Bertz CT molecular complexity index is 1460. The summed E-state index contributed by atoms with van der Waals surface area (Å²) in [5, 5.41) is 5.01. The molecule has 0 amide bonds. The smallest absolute Gasteiger partial charge is 0.258 e. The summed E-state index contributed by atoms with van der Waals surface area (Å²) in [4.78, 5) is 17.6. The maximum Gasteiger partial charge on any atom is 0.258 e. The van der Waals surface area contributed by atoms with E-state index in [-0.39, 0.29) is 17.0 Å². The Morgan fingerprint density at radius 1 is 1.09 bits per heavy atom. The summed E-state index contributed by atoms with van der Waals surface area (Å²) in [5.41, 5.74) is 0.846. The van der Waals surface area contributed by atoms with E-state index in [2.05, 4.69) is 10.3 Å². The van der Waals surface area contributed by atoms with Crippen molar-refractivity contribution in [3.8, 4) is 11.5 Å². The van der Waals surface area contributed by atoms with Crippen molar-refractivity contribution in [1.29, 1.82) is 0 Å². The van der Waals surface area contributed by atoms with Crippen LogP contribution in [-0.2, 0) is 21.3 Å². The molecule has 0 saturated carbocycles. The second kappa shape index (κ2) is 9.55. The summed E-state index contributed by atoms with van der Waals surface area (Å²) in [6.45, 7) is 1.57.